The Hall–Kier alpha value is -0.530. The number of hydrogen-bond acceptors (Lipinski definition) is 1. The summed E-state index contributed by atoms with van der Waals surface area (Å²) in [6.45, 7) is 5.20. The van der Waals surface area contributed by atoms with Gasteiger partial charge < -0.3 is 5.32 Å². The molecule has 2 heteroatoms. The largest absolute Gasteiger partial charge is 0.356 e. The van der Waals surface area contributed by atoms with Gasteiger partial charge in [0.2, 0.25) is 5.91 Å². The van der Waals surface area contributed by atoms with Gasteiger partial charge in [-0.15, -0.1) is 0 Å². The fourth-order valence-electron chi connectivity index (χ4n) is 1.91. The molecule has 0 aromatic rings. The molecule has 0 heterocycles. The standard InChI is InChI=1S/C11H21NO/c1-3-8-12-11(13)10-6-4-9(2)5-7-10/h9-10H,3-8H2,1-2H3,(H,12,13)/t9-,10-. The second-order valence-corrected chi connectivity index (χ2v) is 4.25. The highest BCUT2D eigenvalue weighted by Crippen LogP contribution is 2.28. The summed E-state index contributed by atoms with van der Waals surface area (Å²) >= 11 is 0. The molecule has 1 aliphatic carbocycles. The molecule has 0 unspecified atom stereocenters. The van der Waals surface area contributed by atoms with Crippen molar-refractivity contribution in [3.63, 3.8) is 0 Å². The van der Waals surface area contributed by atoms with Crippen LogP contribution in [0.5, 0.6) is 0 Å². The molecule has 0 aliphatic heterocycles. The lowest BCUT2D eigenvalue weighted by molar-refractivity contribution is -0.126. The summed E-state index contributed by atoms with van der Waals surface area (Å²) in [5, 5.41) is 2.98. The predicted octanol–water partition coefficient (Wildman–Crippen LogP) is 2.34. The van der Waals surface area contributed by atoms with Gasteiger partial charge in [0.15, 0.2) is 0 Å². The fourth-order valence-corrected chi connectivity index (χ4v) is 1.91. The molecule has 0 bridgehead atoms. The number of hydrogen-bond donors (Lipinski definition) is 1. The zero-order valence-corrected chi connectivity index (χ0v) is 8.81. The maximum absolute atomic E-state index is 11.6. The minimum absolute atomic E-state index is 0.286. The molecule has 1 N–H and O–H groups in total. The van der Waals surface area contributed by atoms with E-state index in [1.165, 1.54) is 12.8 Å². The maximum atomic E-state index is 11.6. The molecular weight excluding hydrogens is 162 g/mol. The van der Waals surface area contributed by atoms with E-state index in [9.17, 15) is 4.79 Å². The molecule has 1 fully saturated rings. The van der Waals surface area contributed by atoms with Gasteiger partial charge in [0.05, 0.1) is 0 Å². The number of carbonyl (C=O) groups excluding carboxylic acids is 1. The van der Waals surface area contributed by atoms with E-state index in [2.05, 4.69) is 19.2 Å². The van der Waals surface area contributed by atoms with Crippen LogP contribution in [0.1, 0.15) is 46.0 Å². The van der Waals surface area contributed by atoms with Crippen molar-refractivity contribution in [3.8, 4) is 0 Å². The SMILES string of the molecule is CCCNC(=O)[C@H]1CC[C@H](C)CC1. The van der Waals surface area contributed by atoms with Crippen LogP contribution >= 0.6 is 0 Å². The fraction of sp³-hybridized carbons (Fsp3) is 0.909. The van der Waals surface area contributed by atoms with Crippen molar-refractivity contribution in [1.29, 1.82) is 0 Å². The molecule has 0 aromatic carbocycles. The second kappa shape index (κ2) is 5.25. The number of amides is 1. The highest BCUT2D eigenvalue weighted by Gasteiger charge is 2.23. The summed E-state index contributed by atoms with van der Waals surface area (Å²) in [7, 11) is 0. The van der Waals surface area contributed by atoms with Gasteiger partial charge in [0.1, 0.15) is 0 Å². The first kappa shape index (κ1) is 10.6. The molecule has 13 heavy (non-hydrogen) atoms. The summed E-state index contributed by atoms with van der Waals surface area (Å²) in [6.07, 6.45) is 5.68. The Bertz CT molecular complexity index is 159. The summed E-state index contributed by atoms with van der Waals surface area (Å²) in [4.78, 5) is 11.6. The molecule has 1 saturated carbocycles. The minimum atomic E-state index is 0.286. The molecule has 1 amide bonds. The van der Waals surface area contributed by atoms with Crippen molar-refractivity contribution in [2.75, 3.05) is 6.54 Å². The summed E-state index contributed by atoms with van der Waals surface area (Å²) in [6, 6.07) is 0. The van der Waals surface area contributed by atoms with Crippen LogP contribution < -0.4 is 5.32 Å². The Morgan fingerprint density at radius 3 is 2.46 bits per heavy atom. The normalized spacial score (nSPS) is 28.5. The molecule has 0 atom stereocenters. The van der Waals surface area contributed by atoms with Crippen molar-refractivity contribution in [2.24, 2.45) is 11.8 Å². The highest BCUT2D eigenvalue weighted by molar-refractivity contribution is 5.78. The third kappa shape index (κ3) is 3.37. The quantitative estimate of drug-likeness (QED) is 0.715. The van der Waals surface area contributed by atoms with Crippen LogP contribution in [0.2, 0.25) is 0 Å². The van der Waals surface area contributed by atoms with Gasteiger partial charge in [-0.1, -0.05) is 13.8 Å². The van der Waals surface area contributed by atoms with Crippen LogP contribution in [-0.2, 0) is 4.79 Å². The first-order chi connectivity index (χ1) is 6.24. The molecule has 1 aliphatic rings. The molecule has 1 rings (SSSR count). The van der Waals surface area contributed by atoms with E-state index in [4.69, 9.17) is 0 Å². The average molecular weight is 183 g/mol. The van der Waals surface area contributed by atoms with Gasteiger partial charge in [-0.05, 0) is 38.0 Å². The first-order valence-electron chi connectivity index (χ1n) is 5.51. The van der Waals surface area contributed by atoms with E-state index in [0.29, 0.717) is 5.92 Å². The maximum Gasteiger partial charge on any atom is 0.223 e. The van der Waals surface area contributed by atoms with E-state index >= 15 is 0 Å². The Balaban J connectivity index is 2.23. The zero-order chi connectivity index (χ0) is 9.68. The minimum Gasteiger partial charge on any atom is -0.356 e. The Labute approximate surface area is 81.1 Å². The third-order valence-corrected chi connectivity index (χ3v) is 2.94. The third-order valence-electron chi connectivity index (χ3n) is 2.94. The Kier molecular flexibility index (Phi) is 4.26. The van der Waals surface area contributed by atoms with Gasteiger partial charge >= 0.3 is 0 Å². The lowest BCUT2D eigenvalue weighted by Crippen LogP contribution is -2.33. The van der Waals surface area contributed by atoms with Crippen LogP contribution in [-0.4, -0.2) is 12.5 Å². The molecule has 0 aromatic heterocycles. The van der Waals surface area contributed by atoms with E-state index in [1.807, 2.05) is 0 Å². The molecular formula is C11H21NO. The topological polar surface area (TPSA) is 29.1 Å². The van der Waals surface area contributed by atoms with Gasteiger partial charge in [0.25, 0.3) is 0 Å². The van der Waals surface area contributed by atoms with Gasteiger partial charge in [-0.25, -0.2) is 0 Å². The van der Waals surface area contributed by atoms with Crippen molar-refractivity contribution in [1.82, 2.24) is 5.32 Å². The number of carbonyl (C=O) groups is 1. The van der Waals surface area contributed by atoms with Crippen LogP contribution in [0.25, 0.3) is 0 Å². The predicted molar refractivity (Wildman–Crippen MR) is 54.4 cm³/mol. The monoisotopic (exact) mass is 183 g/mol. The summed E-state index contributed by atoms with van der Waals surface area (Å²) < 4.78 is 0. The average Bonchev–Trinajstić information content (AvgIpc) is 2.15. The number of nitrogens with one attached hydrogen (secondary N) is 1. The van der Waals surface area contributed by atoms with Gasteiger partial charge in [-0.3, -0.25) is 4.79 Å². The van der Waals surface area contributed by atoms with Crippen molar-refractivity contribution in [3.05, 3.63) is 0 Å². The van der Waals surface area contributed by atoms with Crippen LogP contribution in [0.3, 0.4) is 0 Å². The zero-order valence-electron chi connectivity index (χ0n) is 8.81. The van der Waals surface area contributed by atoms with Crippen LogP contribution in [0, 0.1) is 11.8 Å². The van der Waals surface area contributed by atoms with Crippen LogP contribution in [0.15, 0.2) is 0 Å². The number of rotatable bonds is 3. The molecule has 2 nitrogen and oxygen atoms in total. The van der Waals surface area contributed by atoms with E-state index < -0.39 is 0 Å². The summed E-state index contributed by atoms with van der Waals surface area (Å²) in [5.74, 6) is 1.42. The first-order valence-corrected chi connectivity index (χ1v) is 5.51. The Morgan fingerprint density at radius 1 is 1.31 bits per heavy atom. The Morgan fingerprint density at radius 2 is 1.92 bits per heavy atom. The molecule has 76 valence electrons. The molecule has 0 radical (unpaired) electrons. The van der Waals surface area contributed by atoms with E-state index in [-0.39, 0.29) is 5.91 Å². The van der Waals surface area contributed by atoms with E-state index in [1.54, 1.807) is 0 Å². The van der Waals surface area contributed by atoms with Crippen molar-refractivity contribution in [2.45, 2.75) is 46.0 Å². The van der Waals surface area contributed by atoms with Crippen molar-refractivity contribution < 1.29 is 4.79 Å². The van der Waals surface area contributed by atoms with Crippen LogP contribution in [0.4, 0.5) is 0 Å². The highest BCUT2D eigenvalue weighted by atomic mass is 16.1. The summed E-state index contributed by atoms with van der Waals surface area (Å²) in [5.41, 5.74) is 0. The van der Waals surface area contributed by atoms with Crippen molar-refractivity contribution >= 4 is 5.91 Å². The van der Waals surface area contributed by atoms with Gasteiger partial charge in [-0.2, -0.15) is 0 Å². The lowest BCUT2D eigenvalue weighted by Gasteiger charge is -2.25. The second-order valence-electron chi connectivity index (χ2n) is 4.25. The van der Waals surface area contributed by atoms with Gasteiger partial charge in [0, 0.05) is 12.5 Å². The smallest absolute Gasteiger partial charge is 0.223 e. The molecule has 0 saturated heterocycles. The molecule has 0 spiro atoms. The van der Waals surface area contributed by atoms with E-state index in [0.717, 1.165) is 31.7 Å². The lowest BCUT2D eigenvalue weighted by atomic mass is 9.82.